The van der Waals surface area contributed by atoms with Crippen molar-refractivity contribution in [1.29, 1.82) is 0 Å². The maximum atomic E-state index is 12.7. The highest BCUT2D eigenvalue weighted by Gasteiger charge is 2.61. The molecule has 1 atom stereocenters. The summed E-state index contributed by atoms with van der Waals surface area (Å²) in [5.41, 5.74) is 0.997. The quantitative estimate of drug-likeness (QED) is 0.881. The van der Waals surface area contributed by atoms with Crippen LogP contribution in [0.4, 0.5) is 14.6 Å². The van der Waals surface area contributed by atoms with E-state index in [-0.39, 0.29) is 11.8 Å². The number of alkyl halides is 2. The molecule has 0 radical (unpaired) electrons. The van der Waals surface area contributed by atoms with Crippen LogP contribution in [0.5, 0.6) is 0 Å². The number of nitrogens with zero attached hydrogens (tertiary/aromatic N) is 1. The Balaban J connectivity index is 2.01. The van der Waals surface area contributed by atoms with Gasteiger partial charge >= 0.3 is 0 Å². The van der Waals surface area contributed by atoms with Gasteiger partial charge in [0.1, 0.15) is 11.7 Å². The van der Waals surface area contributed by atoms with Crippen molar-refractivity contribution in [3.8, 4) is 0 Å². The van der Waals surface area contributed by atoms with E-state index >= 15 is 0 Å². The number of rotatable bonds is 2. The number of hydrogen-bond acceptors (Lipinski definition) is 2. The third kappa shape index (κ3) is 2.66. The molecular formula is C13H16F2N2O. The predicted molar refractivity (Wildman–Crippen MR) is 64.6 cm³/mol. The van der Waals surface area contributed by atoms with Gasteiger partial charge in [-0.1, -0.05) is 26.8 Å². The lowest BCUT2D eigenvalue weighted by molar-refractivity contribution is -0.119. The number of aromatic nitrogens is 1. The molecule has 0 saturated heterocycles. The molecular weight excluding hydrogens is 238 g/mol. The summed E-state index contributed by atoms with van der Waals surface area (Å²) in [6, 6.07) is 3.48. The summed E-state index contributed by atoms with van der Waals surface area (Å²) in [4.78, 5) is 15.5. The van der Waals surface area contributed by atoms with Crippen molar-refractivity contribution in [3.05, 3.63) is 23.9 Å². The molecule has 0 bridgehead atoms. The maximum Gasteiger partial charge on any atom is 0.260 e. The number of pyridine rings is 1. The van der Waals surface area contributed by atoms with Gasteiger partial charge in [0.2, 0.25) is 5.91 Å². The number of hydrogen-bond donors (Lipinski definition) is 1. The number of nitrogens with one attached hydrogen (secondary N) is 1. The molecule has 18 heavy (non-hydrogen) atoms. The van der Waals surface area contributed by atoms with Crippen LogP contribution in [0.15, 0.2) is 18.3 Å². The molecule has 0 aliphatic heterocycles. The minimum Gasteiger partial charge on any atom is -0.310 e. The summed E-state index contributed by atoms with van der Waals surface area (Å²) in [5.74, 6) is -4.37. The second-order valence-corrected chi connectivity index (χ2v) is 5.69. The minimum atomic E-state index is -2.84. The zero-order valence-electron chi connectivity index (χ0n) is 10.6. The molecule has 2 rings (SSSR count). The van der Waals surface area contributed by atoms with Crippen LogP contribution in [0.3, 0.4) is 0 Å². The lowest BCUT2D eigenvalue weighted by Crippen LogP contribution is -2.18. The standard InChI is InChI=1S/C13H16F2N2O/c1-12(2,3)8-4-5-10(16-7-8)17-11(18)9-6-13(9,14)15/h4-5,7,9H,6H2,1-3H3,(H,16,17,18)/t9-/m1/s1. The van der Waals surface area contributed by atoms with Crippen molar-refractivity contribution < 1.29 is 13.6 Å². The van der Waals surface area contributed by atoms with E-state index in [4.69, 9.17) is 0 Å². The Morgan fingerprint density at radius 3 is 2.44 bits per heavy atom. The SMILES string of the molecule is CC(C)(C)c1ccc(NC(=O)[C@H]2CC2(F)F)nc1. The molecule has 1 fully saturated rings. The first-order chi connectivity index (χ1) is 8.20. The first-order valence-corrected chi connectivity index (χ1v) is 5.85. The predicted octanol–water partition coefficient (Wildman–Crippen LogP) is 2.97. The van der Waals surface area contributed by atoms with Crippen molar-refractivity contribution in [2.75, 3.05) is 5.32 Å². The molecule has 1 aliphatic carbocycles. The molecule has 1 N–H and O–H groups in total. The van der Waals surface area contributed by atoms with Crippen LogP contribution in [-0.4, -0.2) is 16.8 Å². The highest BCUT2D eigenvalue weighted by atomic mass is 19.3. The number of anilines is 1. The second kappa shape index (κ2) is 4.00. The molecule has 1 amide bonds. The summed E-state index contributed by atoms with van der Waals surface area (Å²) in [7, 11) is 0. The van der Waals surface area contributed by atoms with Gasteiger partial charge in [0.05, 0.1) is 0 Å². The van der Waals surface area contributed by atoms with Crippen LogP contribution < -0.4 is 5.32 Å². The smallest absolute Gasteiger partial charge is 0.260 e. The Hall–Kier alpha value is -1.52. The Morgan fingerprint density at radius 1 is 1.44 bits per heavy atom. The Morgan fingerprint density at radius 2 is 2.06 bits per heavy atom. The fourth-order valence-electron chi connectivity index (χ4n) is 1.62. The molecule has 1 saturated carbocycles. The van der Waals surface area contributed by atoms with Gasteiger partial charge in [0, 0.05) is 12.6 Å². The molecule has 1 heterocycles. The van der Waals surface area contributed by atoms with Gasteiger partial charge in [0.15, 0.2) is 0 Å². The van der Waals surface area contributed by atoms with Crippen LogP contribution in [0.25, 0.3) is 0 Å². The van der Waals surface area contributed by atoms with Crippen LogP contribution >= 0.6 is 0 Å². The molecule has 0 unspecified atom stereocenters. The van der Waals surface area contributed by atoms with Gasteiger partial charge in [0.25, 0.3) is 5.92 Å². The zero-order valence-corrected chi connectivity index (χ0v) is 10.6. The second-order valence-electron chi connectivity index (χ2n) is 5.69. The Bertz CT molecular complexity index is 463. The zero-order chi connectivity index (χ0) is 13.6. The van der Waals surface area contributed by atoms with Crippen molar-refractivity contribution >= 4 is 11.7 Å². The topological polar surface area (TPSA) is 42.0 Å². The van der Waals surface area contributed by atoms with E-state index in [1.807, 2.05) is 26.8 Å². The number of carbonyl (C=O) groups is 1. The molecule has 0 spiro atoms. The third-order valence-corrected chi connectivity index (χ3v) is 3.02. The summed E-state index contributed by atoms with van der Waals surface area (Å²) >= 11 is 0. The Labute approximate surface area is 105 Å². The van der Waals surface area contributed by atoms with Gasteiger partial charge in [-0.05, 0) is 17.0 Å². The van der Waals surface area contributed by atoms with Gasteiger partial charge in [-0.25, -0.2) is 13.8 Å². The lowest BCUT2D eigenvalue weighted by atomic mass is 9.88. The minimum absolute atomic E-state index is 0.0287. The Kier molecular flexibility index (Phi) is 2.87. The monoisotopic (exact) mass is 254 g/mol. The van der Waals surface area contributed by atoms with E-state index in [9.17, 15) is 13.6 Å². The summed E-state index contributed by atoms with van der Waals surface area (Å²) in [6.45, 7) is 6.15. The van der Waals surface area contributed by atoms with E-state index in [1.165, 1.54) is 0 Å². The fraction of sp³-hybridized carbons (Fsp3) is 0.538. The molecule has 1 aromatic rings. The van der Waals surface area contributed by atoms with Crippen LogP contribution in [-0.2, 0) is 10.2 Å². The average Bonchev–Trinajstić information content (AvgIpc) is 2.87. The van der Waals surface area contributed by atoms with Gasteiger partial charge in [-0.3, -0.25) is 4.79 Å². The van der Waals surface area contributed by atoms with Gasteiger partial charge in [-0.2, -0.15) is 0 Å². The molecule has 0 aromatic carbocycles. The van der Waals surface area contributed by atoms with Crippen LogP contribution in [0.2, 0.25) is 0 Å². The van der Waals surface area contributed by atoms with Crippen molar-refractivity contribution in [3.63, 3.8) is 0 Å². The summed E-state index contributed by atoms with van der Waals surface area (Å²) < 4.78 is 25.4. The lowest BCUT2D eigenvalue weighted by Gasteiger charge is -2.18. The van der Waals surface area contributed by atoms with Crippen LogP contribution in [0, 0.1) is 5.92 Å². The summed E-state index contributed by atoms with van der Waals surface area (Å²) in [5, 5.41) is 2.41. The van der Waals surface area contributed by atoms with Gasteiger partial charge < -0.3 is 5.32 Å². The highest BCUT2D eigenvalue weighted by Crippen LogP contribution is 2.48. The van der Waals surface area contributed by atoms with Crippen molar-refractivity contribution in [2.24, 2.45) is 5.92 Å². The largest absolute Gasteiger partial charge is 0.310 e. The van der Waals surface area contributed by atoms with E-state index in [1.54, 1.807) is 12.3 Å². The summed E-state index contributed by atoms with van der Waals surface area (Å²) in [6.07, 6.45) is 1.29. The molecule has 3 nitrogen and oxygen atoms in total. The van der Waals surface area contributed by atoms with Crippen molar-refractivity contribution in [1.82, 2.24) is 4.98 Å². The van der Waals surface area contributed by atoms with Gasteiger partial charge in [-0.15, -0.1) is 0 Å². The van der Waals surface area contributed by atoms with E-state index in [0.717, 1.165) is 5.56 Å². The van der Waals surface area contributed by atoms with E-state index in [2.05, 4.69) is 10.3 Å². The third-order valence-electron chi connectivity index (χ3n) is 3.02. The fourth-order valence-corrected chi connectivity index (χ4v) is 1.62. The number of amides is 1. The number of carbonyl (C=O) groups excluding carboxylic acids is 1. The first-order valence-electron chi connectivity index (χ1n) is 5.85. The van der Waals surface area contributed by atoms with Crippen LogP contribution in [0.1, 0.15) is 32.8 Å². The average molecular weight is 254 g/mol. The molecule has 1 aliphatic rings. The van der Waals surface area contributed by atoms with E-state index in [0.29, 0.717) is 5.82 Å². The first kappa shape index (κ1) is 12.9. The highest BCUT2D eigenvalue weighted by molar-refractivity contribution is 5.94. The maximum absolute atomic E-state index is 12.7. The van der Waals surface area contributed by atoms with E-state index < -0.39 is 17.7 Å². The normalized spacial score (nSPS) is 21.5. The molecule has 98 valence electrons. The molecule has 1 aromatic heterocycles. The molecule has 5 heteroatoms. The number of halogens is 2. The van der Waals surface area contributed by atoms with Crippen molar-refractivity contribution in [2.45, 2.75) is 38.5 Å².